The summed E-state index contributed by atoms with van der Waals surface area (Å²) >= 11 is 0. The first-order valence-electron chi connectivity index (χ1n) is 5.84. The number of methoxy groups -OCH3 is 1. The Balaban J connectivity index is 2.19. The first-order chi connectivity index (χ1) is 8.72. The molecule has 0 aliphatic carbocycles. The van der Waals surface area contributed by atoms with Crippen molar-refractivity contribution < 1.29 is 4.74 Å². The third kappa shape index (κ3) is 2.59. The average molecular weight is 243 g/mol. The normalized spacial score (nSPS) is 12.8. The van der Waals surface area contributed by atoms with Crippen LogP contribution in [0.1, 0.15) is 24.2 Å². The zero-order valence-electron chi connectivity index (χ0n) is 10.9. The van der Waals surface area contributed by atoms with Crippen LogP contribution in [0.25, 0.3) is 0 Å². The van der Waals surface area contributed by atoms with E-state index < -0.39 is 0 Å². The second kappa shape index (κ2) is 5.49. The molecule has 18 heavy (non-hydrogen) atoms. The Morgan fingerprint density at radius 3 is 2.83 bits per heavy atom. The Morgan fingerprint density at radius 1 is 1.39 bits per heavy atom. The molecular weight excluding hydrogens is 226 g/mol. The van der Waals surface area contributed by atoms with Gasteiger partial charge in [0.05, 0.1) is 31.4 Å². The molecule has 0 N–H and O–H groups in total. The standard InChI is InChI=1S/C14H17N3O/c1-11(13-6-4-5-7-14(13)18-3)16-9-12-8-15-10-17(12)2/h4-11H,1-3H3/b16-9+. The summed E-state index contributed by atoms with van der Waals surface area (Å²) in [6, 6.07) is 7.99. The molecule has 1 unspecified atom stereocenters. The van der Waals surface area contributed by atoms with Crippen LogP contribution in [0, 0.1) is 0 Å². The molecule has 0 aliphatic heterocycles. The second-order valence-corrected chi connectivity index (χ2v) is 4.13. The second-order valence-electron chi connectivity index (χ2n) is 4.13. The van der Waals surface area contributed by atoms with Crippen molar-refractivity contribution >= 4 is 6.21 Å². The molecule has 0 bridgehead atoms. The number of benzene rings is 1. The van der Waals surface area contributed by atoms with Gasteiger partial charge in [0.1, 0.15) is 5.75 Å². The number of rotatable bonds is 4. The molecule has 0 radical (unpaired) electrons. The predicted octanol–water partition coefficient (Wildman–Crippen LogP) is 2.61. The van der Waals surface area contributed by atoms with Crippen molar-refractivity contribution in [2.75, 3.05) is 7.11 Å². The van der Waals surface area contributed by atoms with Gasteiger partial charge in [-0.3, -0.25) is 4.99 Å². The molecule has 0 spiro atoms. The lowest BCUT2D eigenvalue weighted by molar-refractivity contribution is 0.407. The van der Waals surface area contributed by atoms with Crippen LogP contribution in [0.2, 0.25) is 0 Å². The van der Waals surface area contributed by atoms with Crippen LogP contribution in [0.15, 0.2) is 41.8 Å². The largest absolute Gasteiger partial charge is 0.496 e. The number of nitrogens with zero attached hydrogens (tertiary/aromatic N) is 3. The number of aromatic nitrogens is 2. The minimum absolute atomic E-state index is 0.0519. The van der Waals surface area contributed by atoms with Gasteiger partial charge in [0, 0.05) is 18.8 Å². The number of hydrogen-bond donors (Lipinski definition) is 0. The number of ether oxygens (including phenoxy) is 1. The van der Waals surface area contributed by atoms with Crippen LogP contribution in [0.4, 0.5) is 0 Å². The molecule has 0 aliphatic rings. The lowest BCUT2D eigenvalue weighted by Crippen LogP contribution is -1.98. The maximum Gasteiger partial charge on any atom is 0.124 e. The van der Waals surface area contributed by atoms with Gasteiger partial charge < -0.3 is 9.30 Å². The fourth-order valence-corrected chi connectivity index (χ4v) is 1.77. The Labute approximate surface area is 107 Å². The molecular formula is C14H17N3O. The Bertz CT molecular complexity index is 545. The van der Waals surface area contributed by atoms with Crippen molar-refractivity contribution in [2.24, 2.45) is 12.0 Å². The Kier molecular flexibility index (Phi) is 3.77. The molecule has 0 fully saturated rings. The predicted molar refractivity (Wildman–Crippen MR) is 72.2 cm³/mol. The van der Waals surface area contributed by atoms with Crippen LogP contribution < -0.4 is 4.74 Å². The van der Waals surface area contributed by atoms with E-state index in [1.54, 1.807) is 19.6 Å². The lowest BCUT2D eigenvalue weighted by Gasteiger charge is -2.11. The van der Waals surface area contributed by atoms with E-state index in [-0.39, 0.29) is 6.04 Å². The molecule has 1 aromatic heterocycles. The van der Waals surface area contributed by atoms with Gasteiger partial charge in [-0.15, -0.1) is 0 Å². The summed E-state index contributed by atoms with van der Waals surface area (Å²) in [6.07, 6.45) is 5.39. The van der Waals surface area contributed by atoms with E-state index in [1.807, 2.05) is 49.0 Å². The van der Waals surface area contributed by atoms with Gasteiger partial charge in [-0.25, -0.2) is 4.98 Å². The number of para-hydroxylation sites is 1. The summed E-state index contributed by atoms with van der Waals surface area (Å²) < 4.78 is 7.26. The summed E-state index contributed by atoms with van der Waals surface area (Å²) in [5.74, 6) is 0.868. The fraction of sp³-hybridized carbons (Fsp3) is 0.286. The highest BCUT2D eigenvalue weighted by molar-refractivity contribution is 5.77. The minimum Gasteiger partial charge on any atom is -0.496 e. The smallest absolute Gasteiger partial charge is 0.124 e. The van der Waals surface area contributed by atoms with Crippen LogP contribution in [-0.4, -0.2) is 22.9 Å². The molecule has 4 heteroatoms. The van der Waals surface area contributed by atoms with E-state index >= 15 is 0 Å². The third-order valence-electron chi connectivity index (χ3n) is 2.87. The highest BCUT2D eigenvalue weighted by Crippen LogP contribution is 2.26. The molecule has 0 saturated carbocycles. The summed E-state index contributed by atoms with van der Waals surface area (Å²) in [5.41, 5.74) is 2.06. The highest BCUT2D eigenvalue weighted by atomic mass is 16.5. The molecule has 2 rings (SSSR count). The Morgan fingerprint density at radius 2 is 2.17 bits per heavy atom. The van der Waals surface area contributed by atoms with Gasteiger partial charge in [0.25, 0.3) is 0 Å². The summed E-state index contributed by atoms with van der Waals surface area (Å²) in [6.45, 7) is 2.05. The maximum absolute atomic E-state index is 5.34. The van der Waals surface area contributed by atoms with E-state index in [0.29, 0.717) is 0 Å². The molecule has 94 valence electrons. The van der Waals surface area contributed by atoms with E-state index in [0.717, 1.165) is 17.0 Å². The van der Waals surface area contributed by atoms with Crippen molar-refractivity contribution in [3.8, 4) is 5.75 Å². The topological polar surface area (TPSA) is 39.4 Å². The summed E-state index contributed by atoms with van der Waals surface area (Å²) in [7, 11) is 3.62. The zero-order valence-corrected chi connectivity index (χ0v) is 10.9. The van der Waals surface area contributed by atoms with E-state index in [2.05, 4.69) is 9.98 Å². The van der Waals surface area contributed by atoms with Crippen LogP contribution in [0.3, 0.4) is 0 Å². The minimum atomic E-state index is 0.0519. The van der Waals surface area contributed by atoms with E-state index in [4.69, 9.17) is 4.74 Å². The van der Waals surface area contributed by atoms with Gasteiger partial charge in [-0.1, -0.05) is 18.2 Å². The van der Waals surface area contributed by atoms with Gasteiger partial charge in [0.15, 0.2) is 0 Å². The Hall–Kier alpha value is -2.10. The van der Waals surface area contributed by atoms with Crippen molar-refractivity contribution in [1.29, 1.82) is 0 Å². The maximum atomic E-state index is 5.34. The third-order valence-corrected chi connectivity index (χ3v) is 2.87. The SMILES string of the molecule is COc1ccccc1C(C)/N=C/c1cncn1C. The molecule has 0 saturated heterocycles. The van der Waals surface area contributed by atoms with Gasteiger partial charge in [0.2, 0.25) is 0 Å². The summed E-state index contributed by atoms with van der Waals surface area (Å²) in [5, 5.41) is 0. The fourth-order valence-electron chi connectivity index (χ4n) is 1.77. The van der Waals surface area contributed by atoms with Gasteiger partial charge in [-0.2, -0.15) is 0 Å². The van der Waals surface area contributed by atoms with Crippen LogP contribution in [0.5, 0.6) is 5.75 Å². The van der Waals surface area contributed by atoms with Crippen molar-refractivity contribution in [1.82, 2.24) is 9.55 Å². The van der Waals surface area contributed by atoms with E-state index in [1.165, 1.54) is 0 Å². The number of hydrogen-bond acceptors (Lipinski definition) is 3. The van der Waals surface area contributed by atoms with E-state index in [9.17, 15) is 0 Å². The zero-order chi connectivity index (χ0) is 13.0. The molecule has 1 aromatic carbocycles. The van der Waals surface area contributed by atoms with Crippen LogP contribution >= 0.6 is 0 Å². The molecule has 4 nitrogen and oxygen atoms in total. The lowest BCUT2D eigenvalue weighted by atomic mass is 10.1. The summed E-state index contributed by atoms with van der Waals surface area (Å²) in [4.78, 5) is 8.59. The number of aliphatic imine (C=N–C) groups is 1. The van der Waals surface area contributed by atoms with Gasteiger partial charge >= 0.3 is 0 Å². The van der Waals surface area contributed by atoms with Crippen molar-refractivity contribution in [3.63, 3.8) is 0 Å². The number of imidazole rings is 1. The average Bonchev–Trinajstić information content (AvgIpc) is 2.81. The first kappa shape index (κ1) is 12.4. The quantitative estimate of drug-likeness (QED) is 0.774. The first-order valence-corrected chi connectivity index (χ1v) is 5.84. The van der Waals surface area contributed by atoms with Crippen molar-refractivity contribution in [2.45, 2.75) is 13.0 Å². The van der Waals surface area contributed by atoms with Gasteiger partial charge in [-0.05, 0) is 13.0 Å². The molecule has 1 atom stereocenters. The molecule has 2 aromatic rings. The highest BCUT2D eigenvalue weighted by Gasteiger charge is 2.08. The van der Waals surface area contributed by atoms with Crippen molar-refractivity contribution in [3.05, 3.63) is 48.0 Å². The molecule has 1 heterocycles. The monoisotopic (exact) mass is 243 g/mol. The number of aryl methyl sites for hydroxylation is 1. The van der Waals surface area contributed by atoms with Crippen LogP contribution in [-0.2, 0) is 7.05 Å². The molecule has 0 amide bonds.